The fourth-order valence-electron chi connectivity index (χ4n) is 3.42. The van der Waals surface area contributed by atoms with Crippen LogP contribution in [0.5, 0.6) is 5.75 Å². The lowest BCUT2D eigenvalue weighted by atomic mass is 9.91. The van der Waals surface area contributed by atoms with Gasteiger partial charge in [0.05, 0.1) is 17.6 Å². The lowest BCUT2D eigenvalue weighted by Gasteiger charge is -2.46. The molecular weight excluding hydrogens is 366 g/mol. The van der Waals surface area contributed by atoms with E-state index in [4.69, 9.17) is 18.9 Å². The topological polar surface area (TPSA) is 100 Å². The maximum atomic E-state index is 10.8. The molecule has 0 aliphatic carbocycles. The first-order valence-corrected chi connectivity index (χ1v) is 9.09. The summed E-state index contributed by atoms with van der Waals surface area (Å²) >= 11 is 0. The van der Waals surface area contributed by atoms with Crippen LogP contribution in [0.2, 0.25) is 0 Å². The zero-order valence-electron chi connectivity index (χ0n) is 15.2. The minimum absolute atomic E-state index is 0.0221. The molecule has 8 nitrogen and oxygen atoms in total. The zero-order valence-corrected chi connectivity index (χ0v) is 15.2. The average molecular weight is 387 g/mol. The highest BCUT2D eigenvalue weighted by Gasteiger charge is 2.48. The van der Waals surface area contributed by atoms with Gasteiger partial charge in [0.2, 0.25) is 6.29 Å². The molecule has 28 heavy (non-hydrogen) atoms. The summed E-state index contributed by atoms with van der Waals surface area (Å²) < 4.78 is 23.5. The van der Waals surface area contributed by atoms with Crippen LogP contribution in [-0.2, 0) is 14.2 Å². The van der Waals surface area contributed by atoms with Crippen molar-refractivity contribution in [3.8, 4) is 5.75 Å². The van der Waals surface area contributed by atoms with Crippen LogP contribution in [0.3, 0.4) is 0 Å². The van der Waals surface area contributed by atoms with Crippen molar-refractivity contribution in [2.75, 3.05) is 6.61 Å². The van der Waals surface area contributed by atoms with E-state index < -0.39 is 35.8 Å². The first kappa shape index (κ1) is 18.8. The quantitative estimate of drug-likeness (QED) is 0.636. The third kappa shape index (κ3) is 3.72. The third-order valence-corrected chi connectivity index (χ3v) is 5.04. The molecule has 8 heteroatoms. The van der Waals surface area contributed by atoms with Gasteiger partial charge < -0.3 is 24.1 Å². The summed E-state index contributed by atoms with van der Waals surface area (Å²) in [7, 11) is 0. The molecule has 1 N–H and O–H groups in total. The molecule has 2 aliphatic rings. The lowest BCUT2D eigenvalue weighted by molar-refractivity contribution is -0.384. The van der Waals surface area contributed by atoms with Gasteiger partial charge in [-0.1, -0.05) is 37.3 Å². The summed E-state index contributed by atoms with van der Waals surface area (Å²) in [5.41, 5.74) is 0.858. The van der Waals surface area contributed by atoms with Gasteiger partial charge in [0, 0.05) is 23.6 Å². The summed E-state index contributed by atoms with van der Waals surface area (Å²) in [6.45, 7) is 2.07. The lowest BCUT2D eigenvalue weighted by Crippen LogP contribution is -2.59. The Labute approximate surface area is 161 Å². The fraction of sp³-hybridized carbons (Fsp3) is 0.400. The Bertz CT molecular complexity index is 811. The normalized spacial score (nSPS) is 32.4. The van der Waals surface area contributed by atoms with E-state index >= 15 is 0 Å². The van der Waals surface area contributed by atoms with Crippen LogP contribution < -0.4 is 4.74 Å². The van der Waals surface area contributed by atoms with Crippen molar-refractivity contribution in [3.05, 3.63) is 70.3 Å². The van der Waals surface area contributed by atoms with Crippen molar-refractivity contribution in [3.63, 3.8) is 0 Å². The predicted molar refractivity (Wildman–Crippen MR) is 97.6 cm³/mol. The molecule has 148 valence electrons. The number of aliphatic hydroxyl groups excluding tert-OH is 1. The SMILES string of the molecule is CC1C(Oc2ccc([N+](=O)[O-])cc2)OC2COC(c3ccccc3)OC2C1O. The van der Waals surface area contributed by atoms with Gasteiger partial charge in [-0.3, -0.25) is 10.1 Å². The van der Waals surface area contributed by atoms with E-state index in [1.165, 1.54) is 24.3 Å². The number of rotatable bonds is 4. The summed E-state index contributed by atoms with van der Waals surface area (Å²) in [6, 6.07) is 15.3. The molecule has 2 aromatic rings. The van der Waals surface area contributed by atoms with Gasteiger partial charge in [-0.05, 0) is 12.1 Å². The maximum absolute atomic E-state index is 10.8. The van der Waals surface area contributed by atoms with Crippen LogP contribution in [0.4, 0.5) is 5.69 Å². The highest BCUT2D eigenvalue weighted by atomic mass is 16.7. The molecule has 2 heterocycles. The molecular formula is C20H21NO7. The van der Waals surface area contributed by atoms with E-state index in [9.17, 15) is 15.2 Å². The van der Waals surface area contributed by atoms with Gasteiger partial charge in [-0.15, -0.1) is 0 Å². The number of fused-ring (bicyclic) bond motifs is 1. The number of benzene rings is 2. The average Bonchev–Trinajstić information content (AvgIpc) is 2.72. The highest BCUT2D eigenvalue weighted by molar-refractivity contribution is 5.36. The molecule has 4 rings (SSSR count). The van der Waals surface area contributed by atoms with Gasteiger partial charge >= 0.3 is 0 Å². The Balaban J connectivity index is 1.43. The molecule has 0 saturated carbocycles. The molecule has 0 radical (unpaired) electrons. The number of hydrogen-bond acceptors (Lipinski definition) is 7. The van der Waals surface area contributed by atoms with E-state index in [1.54, 1.807) is 0 Å². The number of aliphatic hydroxyl groups is 1. The van der Waals surface area contributed by atoms with Crippen molar-refractivity contribution in [1.82, 2.24) is 0 Å². The van der Waals surface area contributed by atoms with E-state index in [2.05, 4.69) is 0 Å². The maximum Gasteiger partial charge on any atom is 0.269 e. The highest BCUT2D eigenvalue weighted by Crippen LogP contribution is 2.36. The summed E-state index contributed by atoms with van der Waals surface area (Å²) in [5.74, 6) is 0.0545. The van der Waals surface area contributed by atoms with Crippen molar-refractivity contribution >= 4 is 5.69 Å². The monoisotopic (exact) mass is 387 g/mol. The van der Waals surface area contributed by atoms with Crippen LogP contribution >= 0.6 is 0 Å². The number of ether oxygens (including phenoxy) is 4. The van der Waals surface area contributed by atoms with Gasteiger partial charge in [0.15, 0.2) is 6.29 Å². The Morgan fingerprint density at radius 1 is 1.11 bits per heavy atom. The molecule has 6 atom stereocenters. The summed E-state index contributed by atoms with van der Waals surface area (Å²) in [6.07, 6.45) is -3.10. The van der Waals surface area contributed by atoms with Crippen LogP contribution in [0.15, 0.2) is 54.6 Å². The van der Waals surface area contributed by atoms with E-state index in [0.29, 0.717) is 5.75 Å². The van der Waals surface area contributed by atoms with Crippen molar-refractivity contribution in [1.29, 1.82) is 0 Å². The Hall–Kier alpha value is -2.52. The third-order valence-electron chi connectivity index (χ3n) is 5.04. The van der Waals surface area contributed by atoms with Crippen molar-refractivity contribution in [2.24, 2.45) is 5.92 Å². The van der Waals surface area contributed by atoms with E-state index in [1.807, 2.05) is 37.3 Å². The molecule has 0 amide bonds. The minimum atomic E-state index is -0.808. The van der Waals surface area contributed by atoms with Crippen LogP contribution in [0.1, 0.15) is 18.8 Å². The predicted octanol–water partition coefficient (Wildman–Crippen LogP) is 2.81. The van der Waals surface area contributed by atoms with Crippen LogP contribution in [0, 0.1) is 16.0 Å². The second-order valence-corrected chi connectivity index (χ2v) is 6.94. The number of non-ortho nitro benzene ring substituents is 1. The number of nitro groups is 1. The molecule has 0 bridgehead atoms. The Morgan fingerprint density at radius 3 is 2.50 bits per heavy atom. The molecule has 2 fully saturated rings. The minimum Gasteiger partial charge on any atom is -0.465 e. The van der Waals surface area contributed by atoms with E-state index in [-0.39, 0.29) is 18.2 Å². The standard InChI is InChI=1S/C20H21NO7/c1-12-17(22)18-16(11-25-20(28-18)13-5-3-2-4-6-13)27-19(12)26-15-9-7-14(8-10-15)21(23)24/h2-10,12,16-20,22H,11H2,1H3. The summed E-state index contributed by atoms with van der Waals surface area (Å²) in [4.78, 5) is 10.3. The Morgan fingerprint density at radius 2 is 1.82 bits per heavy atom. The second-order valence-electron chi connectivity index (χ2n) is 6.94. The van der Waals surface area contributed by atoms with Gasteiger partial charge in [-0.2, -0.15) is 0 Å². The van der Waals surface area contributed by atoms with Gasteiger partial charge in [0.25, 0.3) is 5.69 Å². The smallest absolute Gasteiger partial charge is 0.269 e. The van der Waals surface area contributed by atoms with Gasteiger partial charge in [0.1, 0.15) is 18.0 Å². The molecule has 6 unspecified atom stereocenters. The molecule has 2 saturated heterocycles. The van der Waals surface area contributed by atoms with Crippen LogP contribution in [-0.4, -0.2) is 41.2 Å². The molecule has 2 aliphatic heterocycles. The number of hydrogen-bond donors (Lipinski definition) is 1. The number of nitro benzene ring substituents is 1. The van der Waals surface area contributed by atoms with E-state index in [0.717, 1.165) is 5.56 Å². The zero-order chi connectivity index (χ0) is 19.7. The number of nitrogens with zero attached hydrogens (tertiary/aromatic N) is 1. The molecule has 0 spiro atoms. The second kappa shape index (κ2) is 7.84. The molecule has 0 aromatic heterocycles. The first-order valence-electron chi connectivity index (χ1n) is 9.09. The largest absolute Gasteiger partial charge is 0.465 e. The van der Waals surface area contributed by atoms with Crippen molar-refractivity contribution < 1.29 is 29.0 Å². The fourth-order valence-corrected chi connectivity index (χ4v) is 3.42. The van der Waals surface area contributed by atoms with Crippen LogP contribution in [0.25, 0.3) is 0 Å². The summed E-state index contributed by atoms with van der Waals surface area (Å²) in [5, 5.41) is 21.5. The first-order chi connectivity index (χ1) is 13.5. The van der Waals surface area contributed by atoms with Crippen molar-refractivity contribution in [2.45, 2.75) is 37.8 Å². The Kier molecular flexibility index (Phi) is 5.27. The molecule has 2 aromatic carbocycles. The van der Waals surface area contributed by atoms with Gasteiger partial charge in [-0.25, -0.2) is 0 Å².